The fraction of sp³-hybridized carbons (Fsp3) is 0.682. The Morgan fingerprint density at radius 1 is 1.03 bits per heavy atom. The van der Waals surface area contributed by atoms with Gasteiger partial charge in [0, 0.05) is 26.8 Å². The molecule has 0 bridgehead atoms. The number of methoxy groups -OCH3 is 1. The van der Waals surface area contributed by atoms with Crippen molar-refractivity contribution in [1.29, 1.82) is 0 Å². The molecule has 2 N–H and O–H groups in total. The van der Waals surface area contributed by atoms with Crippen molar-refractivity contribution in [2.75, 3.05) is 40.0 Å². The molecule has 0 aliphatic heterocycles. The van der Waals surface area contributed by atoms with Crippen LogP contribution in [0.2, 0.25) is 0 Å². The number of aliphatic imine (C=N–C) groups is 1. The van der Waals surface area contributed by atoms with E-state index >= 15 is 0 Å². The topological polar surface area (TPSA) is 64.1 Å². The highest BCUT2D eigenvalue weighted by atomic mass is 19.4. The maximum absolute atomic E-state index is 13.6. The van der Waals surface area contributed by atoms with E-state index in [2.05, 4.69) is 15.6 Å². The first-order valence-corrected chi connectivity index (χ1v) is 10.5. The van der Waals surface area contributed by atoms with Crippen molar-refractivity contribution in [3.63, 3.8) is 0 Å². The highest BCUT2D eigenvalue weighted by Crippen LogP contribution is 2.35. The van der Waals surface area contributed by atoms with E-state index in [0.29, 0.717) is 38.9 Å². The molecule has 6 nitrogen and oxygen atoms in total. The van der Waals surface area contributed by atoms with Crippen molar-refractivity contribution in [2.45, 2.75) is 58.9 Å². The van der Waals surface area contributed by atoms with Crippen LogP contribution in [0.5, 0.6) is 5.75 Å². The number of unbranched alkanes of at least 4 members (excludes halogenated alkanes) is 1. The van der Waals surface area contributed by atoms with Crippen LogP contribution in [-0.2, 0) is 22.2 Å². The lowest BCUT2D eigenvalue weighted by Crippen LogP contribution is -2.37. The molecular formula is C22H36F3N3O3. The molecule has 0 aliphatic rings. The van der Waals surface area contributed by atoms with Crippen LogP contribution in [0.1, 0.15) is 51.7 Å². The van der Waals surface area contributed by atoms with Crippen LogP contribution >= 0.6 is 0 Å². The van der Waals surface area contributed by atoms with Crippen molar-refractivity contribution in [3.05, 3.63) is 29.3 Å². The molecule has 178 valence electrons. The number of nitrogens with zero attached hydrogens (tertiary/aromatic N) is 1. The number of halogens is 3. The largest absolute Gasteiger partial charge is 0.488 e. The summed E-state index contributed by atoms with van der Waals surface area (Å²) in [6.45, 7) is 10.2. The number of nitrogens with one attached hydrogen (secondary N) is 2. The van der Waals surface area contributed by atoms with Gasteiger partial charge in [0.1, 0.15) is 11.4 Å². The zero-order valence-electron chi connectivity index (χ0n) is 19.2. The minimum Gasteiger partial charge on any atom is -0.488 e. The van der Waals surface area contributed by atoms with Crippen LogP contribution in [0.3, 0.4) is 0 Å². The smallest absolute Gasteiger partial charge is 0.416 e. The summed E-state index contributed by atoms with van der Waals surface area (Å²) in [4.78, 5) is 4.33. The number of alkyl halides is 3. The molecule has 0 heterocycles. The fourth-order valence-electron chi connectivity index (χ4n) is 2.66. The molecule has 0 amide bonds. The Labute approximate surface area is 183 Å². The van der Waals surface area contributed by atoms with E-state index in [0.717, 1.165) is 18.9 Å². The third-order valence-electron chi connectivity index (χ3n) is 4.00. The molecule has 0 saturated heterocycles. The van der Waals surface area contributed by atoms with Gasteiger partial charge in [0.05, 0.1) is 25.3 Å². The zero-order valence-corrected chi connectivity index (χ0v) is 19.2. The molecule has 0 saturated carbocycles. The maximum atomic E-state index is 13.6. The van der Waals surface area contributed by atoms with Crippen molar-refractivity contribution in [1.82, 2.24) is 10.6 Å². The van der Waals surface area contributed by atoms with Gasteiger partial charge in [0.2, 0.25) is 0 Å². The molecule has 0 aromatic heterocycles. The molecular weight excluding hydrogens is 411 g/mol. The third kappa shape index (κ3) is 11.8. The SMILES string of the molecule is CCNC(=NCc1ccc(OC(C)(C)C)cc1C(F)(F)F)NCCCCOCCOC. The van der Waals surface area contributed by atoms with E-state index in [1.165, 1.54) is 6.07 Å². The first kappa shape index (κ1) is 27.0. The van der Waals surface area contributed by atoms with Crippen molar-refractivity contribution >= 4 is 5.96 Å². The molecule has 0 aliphatic carbocycles. The summed E-state index contributed by atoms with van der Waals surface area (Å²) < 4.78 is 56.6. The average molecular weight is 448 g/mol. The second-order valence-corrected chi connectivity index (χ2v) is 7.97. The van der Waals surface area contributed by atoms with E-state index in [9.17, 15) is 13.2 Å². The van der Waals surface area contributed by atoms with Gasteiger partial charge in [-0.2, -0.15) is 13.2 Å². The lowest BCUT2D eigenvalue weighted by atomic mass is 10.1. The minimum absolute atomic E-state index is 0.0949. The van der Waals surface area contributed by atoms with E-state index < -0.39 is 17.3 Å². The predicted molar refractivity (Wildman–Crippen MR) is 117 cm³/mol. The average Bonchev–Trinajstić information content (AvgIpc) is 2.66. The first-order valence-electron chi connectivity index (χ1n) is 10.5. The Morgan fingerprint density at radius 3 is 2.39 bits per heavy atom. The number of benzene rings is 1. The lowest BCUT2D eigenvalue weighted by Gasteiger charge is -2.22. The van der Waals surface area contributed by atoms with Crippen LogP contribution in [0, 0.1) is 0 Å². The molecule has 0 spiro atoms. The van der Waals surface area contributed by atoms with Gasteiger partial charge in [-0.05, 0) is 58.2 Å². The number of ether oxygens (including phenoxy) is 3. The molecule has 0 atom stereocenters. The van der Waals surface area contributed by atoms with Gasteiger partial charge in [-0.3, -0.25) is 0 Å². The monoisotopic (exact) mass is 447 g/mol. The van der Waals surface area contributed by atoms with E-state index in [1.54, 1.807) is 33.9 Å². The Kier molecular flexibility index (Phi) is 11.7. The standard InChI is InChI=1S/C22H36F3N3O3/c1-6-26-20(27-11-7-8-12-30-14-13-29-5)28-16-17-9-10-18(31-21(2,3)4)15-19(17)22(23,24)25/h9-10,15H,6-8,11-14,16H2,1-5H3,(H2,26,27,28). The van der Waals surface area contributed by atoms with Crippen LogP contribution < -0.4 is 15.4 Å². The second kappa shape index (κ2) is 13.4. The molecule has 9 heteroatoms. The number of hydrogen-bond donors (Lipinski definition) is 2. The normalized spacial score (nSPS) is 12.7. The van der Waals surface area contributed by atoms with Crippen LogP contribution in [0.25, 0.3) is 0 Å². The predicted octanol–water partition coefficient (Wildman–Crippen LogP) is 4.38. The summed E-state index contributed by atoms with van der Waals surface area (Å²) in [6.07, 6.45) is -2.77. The Balaban J connectivity index is 2.73. The summed E-state index contributed by atoms with van der Waals surface area (Å²) in [5.74, 6) is 0.663. The maximum Gasteiger partial charge on any atom is 0.416 e. The van der Waals surface area contributed by atoms with Crippen LogP contribution in [0.4, 0.5) is 13.2 Å². The van der Waals surface area contributed by atoms with Crippen LogP contribution in [-0.4, -0.2) is 51.6 Å². The van der Waals surface area contributed by atoms with Gasteiger partial charge in [0.15, 0.2) is 5.96 Å². The quantitative estimate of drug-likeness (QED) is 0.283. The van der Waals surface area contributed by atoms with E-state index in [1.807, 2.05) is 6.92 Å². The van der Waals surface area contributed by atoms with Gasteiger partial charge in [0.25, 0.3) is 0 Å². The Bertz CT molecular complexity index is 674. The summed E-state index contributed by atoms with van der Waals surface area (Å²) in [7, 11) is 1.63. The van der Waals surface area contributed by atoms with Gasteiger partial charge < -0.3 is 24.8 Å². The number of hydrogen-bond acceptors (Lipinski definition) is 4. The molecule has 1 aromatic rings. The fourth-order valence-corrected chi connectivity index (χ4v) is 2.66. The summed E-state index contributed by atoms with van der Waals surface area (Å²) in [6, 6.07) is 4.02. The third-order valence-corrected chi connectivity index (χ3v) is 4.00. The molecule has 0 fully saturated rings. The minimum atomic E-state index is -4.49. The highest BCUT2D eigenvalue weighted by molar-refractivity contribution is 5.79. The number of rotatable bonds is 12. The van der Waals surface area contributed by atoms with Gasteiger partial charge in [-0.25, -0.2) is 4.99 Å². The number of guanidine groups is 1. The molecule has 0 unspecified atom stereocenters. The first-order chi connectivity index (χ1) is 14.6. The van der Waals surface area contributed by atoms with Gasteiger partial charge >= 0.3 is 6.18 Å². The lowest BCUT2D eigenvalue weighted by molar-refractivity contribution is -0.138. The molecule has 31 heavy (non-hydrogen) atoms. The zero-order chi connectivity index (χ0) is 23.3. The van der Waals surface area contributed by atoms with E-state index in [-0.39, 0.29) is 17.9 Å². The summed E-state index contributed by atoms with van der Waals surface area (Å²) in [5.41, 5.74) is -1.22. The highest BCUT2D eigenvalue weighted by Gasteiger charge is 2.34. The van der Waals surface area contributed by atoms with Gasteiger partial charge in [-0.1, -0.05) is 6.07 Å². The van der Waals surface area contributed by atoms with Crippen molar-refractivity contribution in [3.8, 4) is 5.75 Å². The Morgan fingerprint density at radius 2 is 1.77 bits per heavy atom. The van der Waals surface area contributed by atoms with Gasteiger partial charge in [-0.15, -0.1) is 0 Å². The van der Waals surface area contributed by atoms with Crippen LogP contribution in [0.15, 0.2) is 23.2 Å². The van der Waals surface area contributed by atoms with Crippen molar-refractivity contribution < 1.29 is 27.4 Å². The van der Waals surface area contributed by atoms with E-state index in [4.69, 9.17) is 14.2 Å². The molecule has 0 radical (unpaired) electrons. The summed E-state index contributed by atoms with van der Waals surface area (Å²) >= 11 is 0. The second-order valence-electron chi connectivity index (χ2n) is 7.97. The molecule has 1 aromatic carbocycles. The Hall–Kier alpha value is -2.00. The van der Waals surface area contributed by atoms with Crippen molar-refractivity contribution in [2.24, 2.45) is 4.99 Å². The molecule has 1 rings (SSSR count). The summed E-state index contributed by atoms with van der Waals surface area (Å²) in [5, 5.41) is 6.20.